The van der Waals surface area contributed by atoms with Gasteiger partial charge in [0.25, 0.3) is 0 Å². The number of imidazole rings is 1. The molecule has 5 nitrogen and oxygen atoms in total. The number of nitrogens with one attached hydrogen (secondary N) is 2. The molecule has 2 N–H and O–H groups in total. The van der Waals surface area contributed by atoms with Crippen LogP contribution in [-0.2, 0) is 17.6 Å². The molecule has 1 aromatic heterocycles. The Morgan fingerprint density at radius 3 is 2.85 bits per heavy atom. The number of amides is 1. The molecule has 0 fully saturated rings. The first-order valence-electron chi connectivity index (χ1n) is 9.00. The van der Waals surface area contributed by atoms with Crippen molar-refractivity contribution in [2.24, 2.45) is 0 Å². The van der Waals surface area contributed by atoms with Crippen LogP contribution in [0.5, 0.6) is 0 Å². The molecule has 3 aromatic rings. The summed E-state index contributed by atoms with van der Waals surface area (Å²) in [6, 6.07) is 16.8. The standard InChI is InChI=1S/C21H20N4O/c26-19-12-25-8-7-18-20(23-13-22-18)21(25)16-5-1-3-14(10-16)9-15-4-2-6-17(11-15)24-19/h1-6,10-11,13,21H,7-9,12H2,(H,22,23)(H,24,26). The Labute approximate surface area is 152 Å². The van der Waals surface area contributed by atoms with Crippen LogP contribution in [0.2, 0.25) is 0 Å². The fraction of sp³-hybridized carbons (Fsp3) is 0.238. The maximum Gasteiger partial charge on any atom is 0.238 e. The van der Waals surface area contributed by atoms with Gasteiger partial charge < -0.3 is 10.3 Å². The lowest BCUT2D eigenvalue weighted by Crippen LogP contribution is -2.41. The quantitative estimate of drug-likeness (QED) is 0.659. The van der Waals surface area contributed by atoms with Crippen molar-refractivity contribution in [2.45, 2.75) is 18.9 Å². The van der Waals surface area contributed by atoms with Crippen molar-refractivity contribution in [3.8, 4) is 0 Å². The van der Waals surface area contributed by atoms with Crippen LogP contribution in [0.25, 0.3) is 0 Å². The van der Waals surface area contributed by atoms with E-state index in [0.29, 0.717) is 6.54 Å². The fourth-order valence-electron chi connectivity index (χ4n) is 4.12. The van der Waals surface area contributed by atoms with Crippen LogP contribution >= 0.6 is 0 Å². The average molecular weight is 344 g/mol. The number of hydrogen-bond acceptors (Lipinski definition) is 3. The molecule has 1 atom stereocenters. The number of nitrogens with zero attached hydrogens (tertiary/aromatic N) is 2. The van der Waals surface area contributed by atoms with E-state index < -0.39 is 0 Å². The van der Waals surface area contributed by atoms with E-state index in [1.807, 2.05) is 12.1 Å². The minimum atomic E-state index is 0.00784. The van der Waals surface area contributed by atoms with Crippen LogP contribution in [-0.4, -0.2) is 33.9 Å². The lowest BCUT2D eigenvalue weighted by molar-refractivity contribution is -0.117. The van der Waals surface area contributed by atoms with E-state index in [1.165, 1.54) is 22.4 Å². The number of aromatic nitrogens is 2. The van der Waals surface area contributed by atoms with Gasteiger partial charge in [0.1, 0.15) is 0 Å². The SMILES string of the molecule is O=C1CN2CCc3[nH]cnc3C2c2cccc(c2)Cc2cccc(c2)N1. The summed E-state index contributed by atoms with van der Waals surface area (Å²) < 4.78 is 0. The minimum absolute atomic E-state index is 0.00784. The highest BCUT2D eigenvalue weighted by Gasteiger charge is 2.32. The second-order valence-electron chi connectivity index (χ2n) is 7.06. The zero-order valence-electron chi connectivity index (χ0n) is 14.4. The molecule has 0 saturated heterocycles. The van der Waals surface area contributed by atoms with Crippen LogP contribution in [0, 0.1) is 0 Å². The van der Waals surface area contributed by atoms with E-state index in [9.17, 15) is 4.79 Å². The molecule has 3 heterocycles. The Balaban J connectivity index is 1.64. The first-order chi connectivity index (χ1) is 12.8. The minimum Gasteiger partial charge on any atom is -0.348 e. The van der Waals surface area contributed by atoms with E-state index in [4.69, 9.17) is 0 Å². The number of fused-ring (bicyclic) bond motifs is 8. The molecule has 2 aliphatic rings. The number of carbonyl (C=O) groups excluding carboxylic acids is 1. The van der Waals surface area contributed by atoms with Gasteiger partial charge in [-0.25, -0.2) is 4.98 Å². The highest BCUT2D eigenvalue weighted by molar-refractivity contribution is 5.92. The van der Waals surface area contributed by atoms with Crippen molar-refractivity contribution in [3.63, 3.8) is 0 Å². The Bertz CT molecular complexity index is 977. The van der Waals surface area contributed by atoms with Gasteiger partial charge in [-0.2, -0.15) is 0 Å². The summed E-state index contributed by atoms with van der Waals surface area (Å²) in [7, 11) is 0. The van der Waals surface area contributed by atoms with Gasteiger partial charge in [-0.1, -0.05) is 36.4 Å². The van der Waals surface area contributed by atoms with Crippen LogP contribution in [0.1, 0.15) is 34.1 Å². The molecular formula is C21H20N4O. The molecule has 2 aliphatic heterocycles. The number of aromatic amines is 1. The largest absolute Gasteiger partial charge is 0.348 e. The summed E-state index contributed by atoms with van der Waals surface area (Å²) in [6.45, 7) is 1.18. The fourth-order valence-corrected chi connectivity index (χ4v) is 4.12. The van der Waals surface area contributed by atoms with Gasteiger partial charge in [0, 0.05) is 24.3 Å². The van der Waals surface area contributed by atoms with Gasteiger partial charge in [-0.3, -0.25) is 9.69 Å². The van der Waals surface area contributed by atoms with Crippen LogP contribution in [0.4, 0.5) is 5.69 Å². The molecule has 5 rings (SSSR count). The van der Waals surface area contributed by atoms with Gasteiger partial charge in [0.15, 0.2) is 0 Å². The molecule has 0 spiro atoms. The number of benzene rings is 2. The van der Waals surface area contributed by atoms with E-state index in [0.717, 1.165) is 30.8 Å². The molecule has 2 aromatic carbocycles. The summed E-state index contributed by atoms with van der Waals surface area (Å²) in [4.78, 5) is 22.7. The Kier molecular flexibility index (Phi) is 3.60. The van der Waals surface area contributed by atoms with Crippen molar-refractivity contribution in [1.82, 2.24) is 14.9 Å². The van der Waals surface area contributed by atoms with E-state index in [2.05, 4.69) is 56.6 Å². The molecule has 130 valence electrons. The predicted molar refractivity (Wildman–Crippen MR) is 100 cm³/mol. The second kappa shape index (κ2) is 6.11. The second-order valence-corrected chi connectivity index (χ2v) is 7.06. The normalized spacial score (nSPS) is 19.5. The van der Waals surface area contributed by atoms with Crippen LogP contribution in [0.3, 0.4) is 0 Å². The summed E-state index contributed by atoms with van der Waals surface area (Å²) in [5.41, 5.74) is 6.74. The van der Waals surface area contributed by atoms with Gasteiger partial charge in [-0.15, -0.1) is 0 Å². The topological polar surface area (TPSA) is 61.0 Å². The monoisotopic (exact) mass is 344 g/mol. The first kappa shape index (κ1) is 15.3. The number of carbonyl (C=O) groups is 1. The van der Waals surface area contributed by atoms with Gasteiger partial charge in [0.05, 0.1) is 24.6 Å². The molecule has 0 radical (unpaired) electrons. The van der Waals surface area contributed by atoms with Crippen molar-refractivity contribution in [1.29, 1.82) is 0 Å². The smallest absolute Gasteiger partial charge is 0.238 e. The van der Waals surface area contributed by atoms with Crippen molar-refractivity contribution in [2.75, 3.05) is 18.4 Å². The van der Waals surface area contributed by atoms with Crippen molar-refractivity contribution in [3.05, 3.63) is 82.9 Å². The molecule has 1 unspecified atom stereocenters. The number of rotatable bonds is 0. The third-order valence-electron chi connectivity index (χ3n) is 5.26. The third kappa shape index (κ3) is 2.70. The number of H-pyrrole nitrogens is 1. The summed E-state index contributed by atoms with van der Waals surface area (Å²) in [5.74, 6) is 0.0165. The zero-order valence-corrected chi connectivity index (χ0v) is 14.4. The van der Waals surface area contributed by atoms with Crippen LogP contribution in [0.15, 0.2) is 54.9 Å². The predicted octanol–water partition coefficient (Wildman–Crippen LogP) is 2.90. The molecule has 4 bridgehead atoms. The van der Waals surface area contributed by atoms with Crippen molar-refractivity contribution < 1.29 is 4.79 Å². The lowest BCUT2D eigenvalue weighted by Gasteiger charge is -2.35. The Morgan fingerprint density at radius 1 is 1.08 bits per heavy atom. The number of hydrogen-bond donors (Lipinski definition) is 2. The molecule has 0 aliphatic carbocycles. The van der Waals surface area contributed by atoms with E-state index >= 15 is 0 Å². The highest BCUT2D eigenvalue weighted by atomic mass is 16.2. The lowest BCUT2D eigenvalue weighted by atomic mass is 9.93. The van der Waals surface area contributed by atoms with E-state index in [1.54, 1.807) is 6.33 Å². The van der Waals surface area contributed by atoms with Gasteiger partial charge in [0.2, 0.25) is 5.91 Å². The third-order valence-corrected chi connectivity index (χ3v) is 5.26. The van der Waals surface area contributed by atoms with E-state index in [-0.39, 0.29) is 11.9 Å². The van der Waals surface area contributed by atoms with Crippen LogP contribution < -0.4 is 5.32 Å². The summed E-state index contributed by atoms with van der Waals surface area (Å²) in [6.07, 6.45) is 3.49. The maximum atomic E-state index is 12.7. The molecule has 1 amide bonds. The molecular weight excluding hydrogens is 324 g/mol. The summed E-state index contributed by atoms with van der Waals surface area (Å²) >= 11 is 0. The average Bonchev–Trinajstić information content (AvgIpc) is 3.10. The van der Waals surface area contributed by atoms with Gasteiger partial charge >= 0.3 is 0 Å². The summed E-state index contributed by atoms with van der Waals surface area (Å²) in [5, 5.41) is 3.05. The first-order valence-corrected chi connectivity index (χ1v) is 9.00. The molecule has 0 saturated carbocycles. The highest BCUT2D eigenvalue weighted by Crippen LogP contribution is 2.34. The van der Waals surface area contributed by atoms with Crippen molar-refractivity contribution >= 4 is 11.6 Å². The Morgan fingerprint density at radius 2 is 1.92 bits per heavy atom. The molecule has 5 heteroatoms. The Hall–Kier alpha value is -2.92. The zero-order chi connectivity index (χ0) is 17.5. The molecule has 26 heavy (non-hydrogen) atoms. The maximum absolute atomic E-state index is 12.7. The number of anilines is 1. The van der Waals surface area contributed by atoms with Gasteiger partial charge in [-0.05, 0) is 35.2 Å².